The Labute approximate surface area is 315 Å². The molecule has 382 valence electrons. The van der Waals surface area contributed by atoms with Crippen LogP contribution in [0.25, 0.3) is 0 Å². The summed E-state index contributed by atoms with van der Waals surface area (Å²) in [6.45, 7) is 0. The SMILES string of the molecule is FC(F)(F)C(F)(F)C(F)(F)C(F)(F)C1(F)C(F)(F)C(F)(F)C2(F)C(F)(F)C(F)(F)C(F)(F)C(F)(F)C2(F)C1(C(F)(F)C(F)(F)C(F)(F)C(F)(F)F)C(F)(F)C(F)(F)C(F)(F)C(F)(F)F. The van der Waals surface area contributed by atoms with Crippen LogP contribution in [-0.4, -0.2) is 124 Å². The monoisotopic (exact) mass is 1060 g/mol. The van der Waals surface area contributed by atoms with Gasteiger partial charge in [-0.1, -0.05) is 0 Å². The van der Waals surface area contributed by atoms with Gasteiger partial charge in [0.05, 0.1) is 0 Å². The summed E-state index contributed by atoms with van der Waals surface area (Å²) in [6.07, 6.45) is -28.8. The third-order valence-corrected chi connectivity index (χ3v) is 9.62. The van der Waals surface area contributed by atoms with Crippen LogP contribution in [0, 0.1) is 5.41 Å². The van der Waals surface area contributed by atoms with Gasteiger partial charge in [0.2, 0.25) is 11.1 Å². The maximum absolute atomic E-state index is 16.9. The fourth-order valence-electron chi connectivity index (χ4n) is 6.38. The molecule has 0 bridgehead atoms. The molecule has 0 aromatic heterocycles. The Morgan fingerprint density at radius 1 is 0.188 bits per heavy atom. The Morgan fingerprint density at radius 3 is 0.594 bits per heavy atom. The predicted molar refractivity (Wildman–Crippen MR) is 106 cm³/mol. The summed E-state index contributed by atoms with van der Waals surface area (Å²) < 4.78 is 612. The third-order valence-electron chi connectivity index (χ3n) is 9.62. The van der Waals surface area contributed by atoms with E-state index >= 15 is 65.9 Å². The van der Waals surface area contributed by atoms with Crippen molar-refractivity contribution in [3.63, 3.8) is 0 Å². The van der Waals surface area contributed by atoms with Crippen LogP contribution in [0.15, 0.2) is 0 Å². The molecule has 2 aliphatic rings. The Morgan fingerprint density at radius 2 is 0.375 bits per heavy atom. The van der Waals surface area contributed by atoms with E-state index in [-0.39, 0.29) is 0 Å². The van der Waals surface area contributed by atoms with Gasteiger partial charge in [-0.2, -0.15) is 171 Å². The van der Waals surface area contributed by atoms with Gasteiger partial charge < -0.3 is 0 Å². The highest BCUT2D eigenvalue weighted by molar-refractivity contribution is 5.51. The van der Waals surface area contributed by atoms with E-state index in [1.807, 2.05) is 0 Å². The summed E-state index contributed by atoms with van der Waals surface area (Å²) in [4.78, 5) is 0. The molecular weight excluding hydrogens is 1060 g/mol. The van der Waals surface area contributed by atoms with Gasteiger partial charge in [-0.15, -0.1) is 0 Å². The zero-order valence-corrected chi connectivity index (χ0v) is 26.9. The molecule has 0 N–H and O–H groups in total. The van der Waals surface area contributed by atoms with Crippen LogP contribution in [0.1, 0.15) is 0 Å². The molecule has 2 fully saturated rings. The highest BCUT2D eigenvalue weighted by Crippen LogP contribution is 2.90. The summed E-state index contributed by atoms with van der Waals surface area (Å²) >= 11 is 0. The van der Waals surface area contributed by atoms with Gasteiger partial charge in [-0.25, -0.2) is 13.2 Å². The van der Waals surface area contributed by atoms with Crippen molar-refractivity contribution < 1.29 is 184 Å². The van der Waals surface area contributed by atoms with Crippen molar-refractivity contribution in [2.75, 3.05) is 0 Å². The molecule has 0 aliphatic heterocycles. The van der Waals surface area contributed by atoms with Gasteiger partial charge in [0, 0.05) is 0 Å². The van der Waals surface area contributed by atoms with E-state index in [1.54, 1.807) is 0 Å². The molecule has 0 spiro atoms. The minimum Gasteiger partial charge on any atom is -0.231 e. The molecule has 0 nitrogen and oxygen atoms in total. The zero-order valence-electron chi connectivity index (χ0n) is 26.9. The van der Waals surface area contributed by atoms with Gasteiger partial charge in [0.15, 0.2) is 0 Å². The van der Waals surface area contributed by atoms with Crippen molar-refractivity contribution in [1.82, 2.24) is 0 Å². The number of alkyl halides is 42. The van der Waals surface area contributed by atoms with E-state index in [0.717, 1.165) is 0 Å². The van der Waals surface area contributed by atoms with E-state index in [1.165, 1.54) is 0 Å². The van der Waals surface area contributed by atoms with Crippen LogP contribution in [-0.2, 0) is 0 Å². The summed E-state index contributed by atoms with van der Waals surface area (Å²) in [6, 6.07) is 0. The lowest BCUT2D eigenvalue weighted by atomic mass is 9.37. The van der Waals surface area contributed by atoms with E-state index < -0.39 is 130 Å². The highest BCUT2D eigenvalue weighted by Gasteiger charge is 3.22. The molecule has 0 aromatic rings. The summed E-state index contributed by atoms with van der Waals surface area (Å²) in [5.74, 6) is -169. The molecule has 0 aromatic carbocycles. The maximum atomic E-state index is 16.9. The summed E-state index contributed by atoms with van der Waals surface area (Å²) in [7, 11) is 0. The molecule has 0 radical (unpaired) electrons. The second-order valence-electron chi connectivity index (χ2n) is 12.8. The molecule has 0 amide bonds. The lowest BCUT2D eigenvalue weighted by molar-refractivity contribution is -0.603. The minimum atomic E-state index is -13.4. The van der Waals surface area contributed by atoms with Gasteiger partial charge in [0.1, 0.15) is 0 Å². The molecule has 2 saturated carbocycles. The first-order chi connectivity index (χ1) is 26.8. The topological polar surface area (TPSA) is 0 Å². The second-order valence-corrected chi connectivity index (χ2v) is 12.8. The molecule has 2 aliphatic carbocycles. The van der Waals surface area contributed by atoms with E-state index in [2.05, 4.69) is 0 Å². The fourth-order valence-corrected chi connectivity index (χ4v) is 6.38. The van der Waals surface area contributed by atoms with E-state index in [9.17, 15) is 119 Å². The molecule has 0 heterocycles. The quantitative estimate of drug-likeness (QED) is 0.202. The Kier molecular flexibility index (Phi) is 11.2. The smallest absolute Gasteiger partial charge is 0.231 e. The third kappa shape index (κ3) is 4.78. The Hall–Kier alpha value is -2.94. The van der Waals surface area contributed by atoms with Crippen molar-refractivity contribution >= 4 is 0 Å². The van der Waals surface area contributed by atoms with Crippen molar-refractivity contribution in [3.8, 4) is 0 Å². The lowest BCUT2D eigenvalue weighted by Crippen LogP contribution is -3.05. The molecule has 42 heteroatoms. The number of rotatable bonds is 9. The van der Waals surface area contributed by atoms with Crippen LogP contribution < -0.4 is 0 Å². The first-order valence-corrected chi connectivity index (χ1v) is 13.7. The van der Waals surface area contributed by atoms with Crippen molar-refractivity contribution in [1.29, 1.82) is 0 Å². The molecule has 3 atom stereocenters. The van der Waals surface area contributed by atoms with Gasteiger partial charge >= 0.3 is 107 Å². The molecular formula is C22F42. The Balaban J connectivity index is 4.33. The van der Waals surface area contributed by atoms with Crippen LogP contribution in [0.5, 0.6) is 0 Å². The summed E-state index contributed by atoms with van der Waals surface area (Å²) in [5.41, 5.74) is -50.5. The van der Waals surface area contributed by atoms with Crippen LogP contribution in [0.2, 0.25) is 0 Å². The standard InChI is InChI=1S/C22F42/c23-2-1(5(26,27)12(40,41)17(50,51)20(56,57)58,6(28,29)13(42,43)18(52,53)21(59,60)61)3(24,9(34,35)16(48,49)19(54,55)22(62,63)64)8(32,33)10(36,37)4(2,25)11(38,39)15(46,47)14(44,45)7(2,30)31. The largest absolute Gasteiger partial charge is 0.460 e. The van der Waals surface area contributed by atoms with Crippen molar-refractivity contribution in [3.05, 3.63) is 0 Å². The number of fused-ring (bicyclic) bond motifs is 1. The number of halogens is 42. The maximum Gasteiger partial charge on any atom is 0.460 e. The first kappa shape index (κ1) is 57.2. The minimum absolute atomic E-state index is 9.47. The molecule has 0 saturated heterocycles. The van der Waals surface area contributed by atoms with E-state index in [4.69, 9.17) is 0 Å². The Bertz CT molecular complexity index is 1780. The average Bonchev–Trinajstić information content (AvgIpc) is 3.03. The van der Waals surface area contributed by atoms with Crippen molar-refractivity contribution in [2.45, 2.75) is 124 Å². The van der Waals surface area contributed by atoms with Crippen LogP contribution in [0.4, 0.5) is 184 Å². The number of hydrogen-bond donors (Lipinski definition) is 0. The predicted octanol–water partition coefficient (Wildman–Crippen LogP) is 13.3. The highest BCUT2D eigenvalue weighted by atomic mass is 19.5. The van der Waals surface area contributed by atoms with Gasteiger partial charge in [-0.05, 0) is 0 Å². The van der Waals surface area contributed by atoms with Crippen LogP contribution >= 0.6 is 0 Å². The molecule has 2 rings (SSSR count). The van der Waals surface area contributed by atoms with Gasteiger partial charge in [-0.3, -0.25) is 0 Å². The second kappa shape index (κ2) is 12.6. The normalized spacial score (nSPS) is 30.5. The number of hydrogen-bond acceptors (Lipinski definition) is 0. The molecule has 3 unspecified atom stereocenters. The van der Waals surface area contributed by atoms with Gasteiger partial charge in [0.25, 0.3) is 11.3 Å². The van der Waals surface area contributed by atoms with Crippen LogP contribution in [0.3, 0.4) is 0 Å². The molecule has 64 heavy (non-hydrogen) atoms. The van der Waals surface area contributed by atoms with Crippen molar-refractivity contribution in [2.24, 2.45) is 5.41 Å². The lowest BCUT2D eigenvalue weighted by Gasteiger charge is -2.72. The summed E-state index contributed by atoms with van der Waals surface area (Å²) in [5, 5.41) is 0. The fraction of sp³-hybridized carbons (Fsp3) is 1.00. The average molecular weight is 1060 g/mol. The first-order valence-electron chi connectivity index (χ1n) is 13.7. The van der Waals surface area contributed by atoms with E-state index in [0.29, 0.717) is 0 Å². The zero-order chi connectivity index (χ0) is 53.0.